The molecule has 0 aliphatic heterocycles. The first-order valence-electron chi connectivity index (χ1n) is 5.10. The molecular weight excluding hydrogens is 232 g/mol. The van der Waals surface area contributed by atoms with E-state index in [0.29, 0.717) is 0 Å². The minimum Gasteiger partial charge on any atom is -0.394 e. The lowest BCUT2D eigenvalue weighted by molar-refractivity contribution is -0.193. The van der Waals surface area contributed by atoms with Crippen molar-refractivity contribution < 1.29 is 35.1 Å². The zero-order chi connectivity index (χ0) is 13.8. The minimum atomic E-state index is -2.79. The molecule has 100 valence electrons. The van der Waals surface area contributed by atoms with Gasteiger partial charge >= 0.3 is 0 Å². The number of Topliss-reactive ketones (excluding diaryl/α,β-unsaturated/α-hetero) is 1. The van der Waals surface area contributed by atoms with E-state index < -0.39 is 42.2 Å². The highest BCUT2D eigenvalue weighted by Crippen LogP contribution is 2.23. The van der Waals surface area contributed by atoms with E-state index in [0.717, 1.165) is 0 Å². The number of rotatable bonds is 7. The Labute approximate surface area is 98.3 Å². The van der Waals surface area contributed by atoms with Gasteiger partial charge in [0, 0.05) is 5.92 Å². The van der Waals surface area contributed by atoms with Crippen molar-refractivity contribution in [3.8, 4) is 0 Å². The van der Waals surface area contributed by atoms with Gasteiger partial charge < -0.3 is 30.3 Å². The van der Waals surface area contributed by atoms with Crippen molar-refractivity contribution in [2.24, 2.45) is 5.92 Å². The summed E-state index contributed by atoms with van der Waals surface area (Å²) in [6, 6.07) is 0. The molecule has 0 rings (SSSR count). The molecule has 0 aromatic heterocycles. The van der Waals surface area contributed by atoms with Crippen molar-refractivity contribution in [1.82, 2.24) is 0 Å². The van der Waals surface area contributed by atoms with E-state index in [4.69, 9.17) is 10.2 Å². The molecule has 7 heteroatoms. The van der Waals surface area contributed by atoms with Crippen molar-refractivity contribution in [3.05, 3.63) is 0 Å². The van der Waals surface area contributed by atoms with Crippen molar-refractivity contribution in [2.75, 3.05) is 6.61 Å². The first-order valence-corrected chi connectivity index (χ1v) is 5.10. The van der Waals surface area contributed by atoms with Crippen LogP contribution >= 0.6 is 0 Å². The molecule has 17 heavy (non-hydrogen) atoms. The molecule has 0 fully saturated rings. The van der Waals surface area contributed by atoms with Crippen molar-refractivity contribution in [1.29, 1.82) is 0 Å². The summed E-state index contributed by atoms with van der Waals surface area (Å²) in [6.45, 7) is 1.80. The van der Waals surface area contributed by atoms with Crippen molar-refractivity contribution in [3.63, 3.8) is 0 Å². The van der Waals surface area contributed by atoms with Gasteiger partial charge in [-0.25, -0.2) is 0 Å². The number of aldehydes is 1. The quantitative estimate of drug-likeness (QED) is 0.308. The molecule has 0 unspecified atom stereocenters. The Bertz CT molecular complexity index is 278. The summed E-state index contributed by atoms with van der Waals surface area (Å²) in [5.41, 5.74) is -2.79. The van der Waals surface area contributed by atoms with Gasteiger partial charge in [0.05, 0.1) is 6.61 Å². The zero-order valence-corrected chi connectivity index (χ0v) is 9.65. The smallest absolute Gasteiger partial charge is 0.180 e. The molecule has 0 saturated carbocycles. The van der Waals surface area contributed by atoms with Gasteiger partial charge in [0.15, 0.2) is 17.7 Å². The van der Waals surface area contributed by atoms with E-state index >= 15 is 0 Å². The number of hydrogen-bond donors (Lipinski definition) is 5. The molecule has 0 saturated heterocycles. The average molecular weight is 250 g/mol. The molecule has 5 N–H and O–H groups in total. The van der Waals surface area contributed by atoms with Crippen LogP contribution < -0.4 is 0 Å². The molecule has 0 aromatic carbocycles. The lowest BCUT2D eigenvalue weighted by Gasteiger charge is -2.36. The van der Waals surface area contributed by atoms with Crippen LogP contribution in [0.25, 0.3) is 0 Å². The summed E-state index contributed by atoms with van der Waals surface area (Å²) in [7, 11) is 0. The van der Waals surface area contributed by atoms with E-state index in [1.807, 2.05) is 0 Å². The average Bonchev–Trinajstić information content (AvgIpc) is 2.33. The van der Waals surface area contributed by atoms with Gasteiger partial charge in [-0.15, -0.1) is 0 Å². The molecule has 7 nitrogen and oxygen atoms in total. The number of aliphatic hydroxyl groups excluding tert-OH is 4. The summed E-state index contributed by atoms with van der Waals surface area (Å²) in [6.07, 6.45) is -6.32. The third-order valence-corrected chi connectivity index (χ3v) is 2.51. The van der Waals surface area contributed by atoms with Gasteiger partial charge in [-0.3, -0.25) is 4.79 Å². The van der Waals surface area contributed by atoms with E-state index in [9.17, 15) is 24.9 Å². The molecule has 0 radical (unpaired) electrons. The van der Waals surface area contributed by atoms with Crippen LogP contribution in [0.3, 0.4) is 0 Å². The van der Waals surface area contributed by atoms with E-state index in [1.165, 1.54) is 13.8 Å². The minimum absolute atomic E-state index is 0.0761. The maximum Gasteiger partial charge on any atom is 0.180 e. The summed E-state index contributed by atoms with van der Waals surface area (Å²) in [5, 5.41) is 46.8. The van der Waals surface area contributed by atoms with Crippen LogP contribution in [0.1, 0.15) is 13.8 Å². The molecule has 0 aliphatic carbocycles. The lowest BCUT2D eigenvalue weighted by Crippen LogP contribution is -2.64. The van der Waals surface area contributed by atoms with Gasteiger partial charge in [-0.05, 0) is 0 Å². The Balaban J connectivity index is 5.38. The second kappa shape index (κ2) is 6.18. The number of carbonyl (C=O) groups excluding carboxylic acids is 2. The van der Waals surface area contributed by atoms with E-state index in [1.54, 1.807) is 0 Å². The number of carbonyl (C=O) groups is 2. The second-order valence-electron chi connectivity index (χ2n) is 4.11. The van der Waals surface area contributed by atoms with Crippen LogP contribution in [-0.4, -0.2) is 68.1 Å². The van der Waals surface area contributed by atoms with Crippen LogP contribution in [0.2, 0.25) is 0 Å². The van der Waals surface area contributed by atoms with Crippen molar-refractivity contribution in [2.45, 2.75) is 37.8 Å². The molecule has 4 atom stereocenters. The van der Waals surface area contributed by atoms with E-state index in [-0.39, 0.29) is 6.29 Å². The summed E-state index contributed by atoms with van der Waals surface area (Å²) in [4.78, 5) is 22.0. The first kappa shape index (κ1) is 16.1. The third-order valence-electron chi connectivity index (χ3n) is 2.51. The molecule has 0 aromatic rings. The molecule has 0 heterocycles. The van der Waals surface area contributed by atoms with Crippen LogP contribution in [0.15, 0.2) is 0 Å². The fourth-order valence-electron chi connectivity index (χ4n) is 1.44. The van der Waals surface area contributed by atoms with Gasteiger partial charge in [0.1, 0.15) is 18.3 Å². The summed E-state index contributed by atoms with van der Waals surface area (Å²) in [5.74, 6) is -1.75. The normalized spacial score (nSPS) is 20.5. The monoisotopic (exact) mass is 250 g/mol. The van der Waals surface area contributed by atoms with Crippen molar-refractivity contribution >= 4 is 12.1 Å². The predicted octanol–water partition coefficient (Wildman–Crippen LogP) is -2.78. The highest BCUT2D eigenvalue weighted by molar-refractivity contribution is 5.90. The Morgan fingerprint density at radius 2 is 1.76 bits per heavy atom. The zero-order valence-electron chi connectivity index (χ0n) is 9.65. The molecule has 0 amide bonds. The Morgan fingerprint density at radius 3 is 2.06 bits per heavy atom. The first-order chi connectivity index (χ1) is 7.73. The third kappa shape index (κ3) is 3.08. The van der Waals surface area contributed by atoms with Gasteiger partial charge in [0.25, 0.3) is 0 Å². The summed E-state index contributed by atoms with van der Waals surface area (Å²) < 4.78 is 0. The van der Waals surface area contributed by atoms with Gasteiger partial charge in [0.2, 0.25) is 0 Å². The Kier molecular flexibility index (Phi) is 5.86. The van der Waals surface area contributed by atoms with Gasteiger partial charge in [-0.1, -0.05) is 13.8 Å². The lowest BCUT2D eigenvalue weighted by atomic mass is 9.79. The summed E-state index contributed by atoms with van der Waals surface area (Å²) >= 11 is 0. The van der Waals surface area contributed by atoms with Crippen LogP contribution in [0.5, 0.6) is 0 Å². The predicted molar refractivity (Wildman–Crippen MR) is 56.0 cm³/mol. The SMILES string of the molecule is CC(C)C(=O)[C@@](O)([C@H](O)CO)[C@H](O)[C@@H](O)C=O. The topological polar surface area (TPSA) is 135 Å². The van der Waals surface area contributed by atoms with Gasteiger partial charge in [-0.2, -0.15) is 0 Å². The number of ketones is 1. The van der Waals surface area contributed by atoms with Crippen LogP contribution in [-0.2, 0) is 9.59 Å². The number of hydrogen-bond acceptors (Lipinski definition) is 7. The standard InChI is InChI=1S/C10H18O7/c1-5(2)8(15)10(17,7(14)4-12)9(16)6(13)3-11/h3,5-7,9,12-14,16-17H,4H2,1-2H3/t6-,7+,9+,10-/m0/s1. The fourth-order valence-corrected chi connectivity index (χ4v) is 1.44. The molecular formula is C10H18O7. The molecule has 0 spiro atoms. The molecule has 0 bridgehead atoms. The Hall–Kier alpha value is -0.860. The maximum atomic E-state index is 11.7. The van der Waals surface area contributed by atoms with E-state index in [2.05, 4.69) is 0 Å². The highest BCUT2D eigenvalue weighted by Gasteiger charge is 2.52. The highest BCUT2D eigenvalue weighted by atomic mass is 16.4. The molecule has 0 aliphatic rings. The van der Waals surface area contributed by atoms with Crippen LogP contribution in [0, 0.1) is 5.92 Å². The largest absolute Gasteiger partial charge is 0.394 e. The fraction of sp³-hybridized carbons (Fsp3) is 0.800. The Morgan fingerprint density at radius 1 is 1.29 bits per heavy atom. The maximum absolute atomic E-state index is 11.7. The number of aliphatic hydroxyl groups is 5. The van der Waals surface area contributed by atoms with Crippen LogP contribution in [0.4, 0.5) is 0 Å². The second-order valence-corrected chi connectivity index (χ2v) is 4.11.